The third-order valence-electron chi connectivity index (χ3n) is 4.82. The van der Waals surface area contributed by atoms with Crippen LogP contribution in [0, 0.1) is 5.41 Å². The Bertz CT molecular complexity index is 277. The molecule has 1 saturated heterocycles. The molecule has 2 rings (SSSR count). The summed E-state index contributed by atoms with van der Waals surface area (Å²) in [4.78, 5) is 2.56. The van der Waals surface area contributed by atoms with Crippen LogP contribution in [0.25, 0.3) is 0 Å². The topological polar surface area (TPSA) is 54.0 Å². The van der Waals surface area contributed by atoms with Crippen molar-refractivity contribution in [2.45, 2.75) is 38.2 Å². The summed E-state index contributed by atoms with van der Waals surface area (Å²) < 4.78 is 10.4. The highest BCUT2D eigenvalue weighted by Crippen LogP contribution is 2.36. The summed E-state index contributed by atoms with van der Waals surface area (Å²) in [6.45, 7) is 7.07. The van der Waals surface area contributed by atoms with Gasteiger partial charge >= 0.3 is 0 Å². The number of hydrogen-bond donors (Lipinski definition) is 2. The van der Waals surface area contributed by atoms with Gasteiger partial charge in [0.2, 0.25) is 0 Å². The minimum absolute atomic E-state index is 0.377. The van der Waals surface area contributed by atoms with E-state index in [4.69, 9.17) is 9.47 Å². The monoisotopic (exact) mass is 300 g/mol. The highest BCUT2D eigenvalue weighted by Gasteiger charge is 2.34. The summed E-state index contributed by atoms with van der Waals surface area (Å²) in [5, 5.41) is 13.3. The molecule has 2 fully saturated rings. The average Bonchev–Trinajstić information content (AvgIpc) is 2.49. The summed E-state index contributed by atoms with van der Waals surface area (Å²) in [5.74, 6) is 0. The molecular weight excluding hydrogens is 268 g/mol. The first kappa shape index (κ1) is 17.2. The molecule has 0 radical (unpaired) electrons. The van der Waals surface area contributed by atoms with Crippen molar-refractivity contribution in [3.05, 3.63) is 0 Å². The van der Waals surface area contributed by atoms with Crippen LogP contribution in [0.2, 0.25) is 0 Å². The molecule has 2 aliphatic rings. The van der Waals surface area contributed by atoms with Gasteiger partial charge in [0.1, 0.15) is 0 Å². The van der Waals surface area contributed by atoms with Crippen molar-refractivity contribution in [3.8, 4) is 0 Å². The molecule has 0 amide bonds. The molecule has 5 heteroatoms. The molecule has 2 N–H and O–H groups in total. The molecule has 1 heterocycles. The van der Waals surface area contributed by atoms with Gasteiger partial charge in [-0.3, -0.25) is 4.90 Å². The molecule has 1 aliphatic heterocycles. The molecule has 1 atom stereocenters. The number of hydrogen-bond acceptors (Lipinski definition) is 5. The Balaban J connectivity index is 1.80. The van der Waals surface area contributed by atoms with Gasteiger partial charge in [-0.05, 0) is 18.3 Å². The van der Waals surface area contributed by atoms with Crippen LogP contribution in [-0.4, -0.2) is 75.8 Å². The highest BCUT2D eigenvalue weighted by molar-refractivity contribution is 4.88. The number of morpholine rings is 1. The number of nitrogens with zero attached hydrogens (tertiary/aromatic N) is 1. The van der Waals surface area contributed by atoms with Crippen LogP contribution in [0.5, 0.6) is 0 Å². The van der Waals surface area contributed by atoms with E-state index in [1.54, 1.807) is 7.11 Å². The fourth-order valence-corrected chi connectivity index (χ4v) is 3.68. The van der Waals surface area contributed by atoms with E-state index in [9.17, 15) is 5.11 Å². The van der Waals surface area contributed by atoms with Gasteiger partial charge < -0.3 is 19.9 Å². The van der Waals surface area contributed by atoms with Crippen LogP contribution < -0.4 is 5.32 Å². The maximum atomic E-state index is 9.77. The van der Waals surface area contributed by atoms with E-state index in [0.717, 1.165) is 32.8 Å². The zero-order valence-corrected chi connectivity index (χ0v) is 13.5. The van der Waals surface area contributed by atoms with Crippen LogP contribution in [0.1, 0.15) is 32.1 Å². The second-order valence-corrected chi connectivity index (χ2v) is 6.69. The lowest BCUT2D eigenvalue weighted by Gasteiger charge is -2.42. The van der Waals surface area contributed by atoms with Gasteiger partial charge in [0, 0.05) is 39.8 Å². The van der Waals surface area contributed by atoms with Crippen molar-refractivity contribution < 1.29 is 14.6 Å². The van der Waals surface area contributed by atoms with Crippen LogP contribution in [-0.2, 0) is 9.47 Å². The summed E-state index contributed by atoms with van der Waals surface area (Å²) in [5.41, 5.74) is 0.377. The lowest BCUT2D eigenvalue weighted by Crippen LogP contribution is -2.49. The van der Waals surface area contributed by atoms with Crippen molar-refractivity contribution in [2.75, 3.05) is 59.7 Å². The SMILES string of the molecule is COCC(O)CNCC1(CN2CCOCC2)CCCCC1. The number of aliphatic hydroxyl groups excluding tert-OH is 1. The lowest BCUT2D eigenvalue weighted by atomic mass is 9.73. The summed E-state index contributed by atoms with van der Waals surface area (Å²) in [6, 6.07) is 0. The second kappa shape index (κ2) is 9.06. The zero-order chi connectivity index (χ0) is 15.0. The maximum absolute atomic E-state index is 9.77. The van der Waals surface area contributed by atoms with Gasteiger partial charge in [0.15, 0.2) is 0 Å². The minimum atomic E-state index is -0.404. The Kier molecular flexibility index (Phi) is 7.40. The molecule has 0 aromatic rings. The normalized spacial score (nSPS) is 24.9. The number of aliphatic hydroxyl groups is 1. The van der Waals surface area contributed by atoms with Crippen molar-refractivity contribution in [1.29, 1.82) is 0 Å². The molecule has 1 aliphatic carbocycles. The van der Waals surface area contributed by atoms with E-state index in [-0.39, 0.29) is 0 Å². The first-order chi connectivity index (χ1) is 10.2. The molecule has 1 unspecified atom stereocenters. The minimum Gasteiger partial charge on any atom is -0.389 e. The third-order valence-corrected chi connectivity index (χ3v) is 4.82. The van der Waals surface area contributed by atoms with Gasteiger partial charge in [0.25, 0.3) is 0 Å². The molecule has 1 saturated carbocycles. The Labute approximate surface area is 129 Å². The third kappa shape index (κ3) is 5.83. The Morgan fingerprint density at radius 1 is 1.24 bits per heavy atom. The van der Waals surface area contributed by atoms with E-state index >= 15 is 0 Å². The number of rotatable bonds is 8. The van der Waals surface area contributed by atoms with Crippen LogP contribution in [0.15, 0.2) is 0 Å². The van der Waals surface area contributed by atoms with Crippen molar-refractivity contribution >= 4 is 0 Å². The number of methoxy groups -OCH3 is 1. The summed E-state index contributed by atoms with van der Waals surface area (Å²) in [7, 11) is 1.63. The Morgan fingerprint density at radius 2 is 1.95 bits per heavy atom. The van der Waals surface area contributed by atoms with E-state index in [1.807, 2.05) is 0 Å². The van der Waals surface area contributed by atoms with Gasteiger partial charge in [0.05, 0.1) is 25.9 Å². The molecule has 5 nitrogen and oxygen atoms in total. The largest absolute Gasteiger partial charge is 0.389 e. The van der Waals surface area contributed by atoms with Gasteiger partial charge in [-0.25, -0.2) is 0 Å². The summed E-state index contributed by atoms with van der Waals surface area (Å²) in [6.07, 6.45) is 6.25. The number of nitrogens with one attached hydrogen (secondary N) is 1. The predicted molar refractivity (Wildman–Crippen MR) is 83.5 cm³/mol. The molecule has 0 spiro atoms. The van der Waals surface area contributed by atoms with Crippen LogP contribution in [0.4, 0.5) is 0 Å². The fourth-order valence-electron chi connectivity index (χ4n) is 3.68. The zero-order valence-electron chi connectivity index (χ0n) is 13.5. The Morgan fingerprint density at radius 3 is 2.62 bits per heavy atom. The highest BCUT2D eigenvalue weighted by atomic mass is 16.5. The first-order valence-electron chi connectivity index (χ1n) is 8.42. The molecule has 124 valence electrons. The van der Waals surface area contributed by atoms with Crippen LogP contribution >= 0.6 is 0 Å². The fraction of sp³-hybridized carbons (Fsp3) is 1.00. The summed E-state index contributed by atoms with van der Waals surface area (Å²) >= 11 is 0. The van der Waals surface area contributed by atoms with Crippen molar-refractivity contribution in [1.82, 2.24) is 10.2 Å². The van der Waals surface area contributed by atoms with Gasteiger partial charge in [-0.1, -0.05) is 19.3 Å². The number of ether oxygens (including phenoxy) is 2. The lowest BCUT2D eigenvalue weighted by molar-refractivity contribution is 0.00554. The van der Waals surface area contributed by atoms with E-state index < -0.39 is 6.10 Å². The molecule has 0 aromatic heterocycles. The quantitative estimate of drug-likeness (QED) is 0.696. The predicted octanol–water partition coefficient (Wildman–Crippen LogP) is 0.866. The van der Waals surface area contributed by atoms with Gasteiger partial charge in [-0.2, -0.15) is 0 Å². The molecule has 0 aromatic carbocycles. The molecular formula is C16H32N2O3. The molecule has 21 heavy (non-hydrogen) atoms. The maximum Gasteiger partial charge on any atom is 0.0897 e. The van der Waals surface area contributed by atoms with Crippen molar-refractivity contribution in [2.24, 2.45) is 5.41 Å². The van der Waals surface area contributed by atoms with Crippen molar-refractivity contribution in [3.63, 3.8) is 0 Å². The standard InChI is InChI=1S/C16H32N2O3/c1-20-12-15(19)11-17-13-16(5-3-2-4-6-16)14-18-7-9-21-10-8-18/h15,17,19H,2-14H2,1H3. The Hall–Kier alpha value is -0.200. The van der Waals surface area contributed by atoms with Gasteiger partial charge in [-0.15, -0.1) is 0 Å². The average molecular weight is 300 g/mol. The van der Waals surface area contributed by atoms with Crippen LogP contribution in [0.3, 0.4) is 0 Å². The van der Waals surface area contributed by atoms with E-state index in [0.29, 0.717) is 18.6 Å². The second-order valence-electron chi connectivity index (χ2n) is 6.69. The molecule has 0 bridgehead atoms. The van der Waals surface area contributed by atoms with E-state index in [2.05, 4.69) is 10.2 Å². The first-order valence-corrected chi connectivity index (χ1v) is 8.42. The smallest absolute Gasteiger partial charge is 0.0897 e. The van der Waals surface area contributed by atoms with E-state index in [1.165, 1.54) is 38.6 Å².